The van der Waals surface area contributed by atoms with Gasteiger partial charge in [0.1, 0.15) is 0 Å². The first-order valence-corrected chi connectivity index (χ1v) is 4.83. The molecule has 0 bridgehead atoms. The van der Waals surface area contributed by atoms with E-state index >= 15 is 0 Å². The molecule has 86 valence electrons. The van der Waals surface area contributed by atoms with Crippen molar-refractivity contribution in [3.63, 3.8) is 0 Å². The van der Waals surface area contributed by atoms with Crippen molar-refractivity contribution in [3.05, 3.63) is 28.2 Å². The molecule has 0 heterocycles. The Balaban J connectivity index is 3.04. The van der Waals surface area contributed by atoms with Crippen molar-refractivity contribution < 1.29 is 23.5 Å². The molecule has 0 saturated heterocycles. The number of carboxylic acids is 1. The fourth-order valence-corrected chi connectivity index (χ4v) is 1.35. The van der Waals surface area contributed by atoms with Crippen LogP contribution in [0.5, 0.6) is 0 Å². The van der Waals surface area contributed by atoms with Gasteiger partial charge < -0.3 is 10.4 Å². The number of nitrogens with one attached hydrogen (secondary N) is 1. The lowest BCUT2D eigenvalue weighted by Gasteiger charge is -2.08. The molecule has 0 spiro atoms. The van der Waals surface area contributed by atoms with Crippen molar-refractivity contribution in [3.8, 4) is 0 Å². The minimum atomic E-state index is -3.19. The molecule has 16 heavy (non-hydrogen) atoms. The van der Waals surface area contributed by atoms with Gasteiger partial charge in [-0.05, 0) is 18.2 Å². The van der Waals surface area contributed by atoms with Gasteiger partial charge >= 0.3 is 12.4 Å². The summed E-state index contributed by atoms with van der Waals surface area (Å²) in [5.74, 6) is -2.85. The highest BCUT2D eigenvalue weighted by Crippen LogP contribution is 2.21. The predicted octanol–water partition coefficient (Wildman–Crippen LogP) is 2.35. The van der Waals surface area contributed by atoms with Gasteiger partial charge in [-0.15, -0.1) is 0 Å². The topological polar surface area (TPSA) is 66.4 Å². The zero-order chi connectivity index (χ0) is 12.3. The van der Waals surface area contributed by atoms with Crippen LogP contribution in [0.4, 0.5) is 14.5 Å². The number of carboxylic acid groups (broad SMARTS) is 1. The summed E-state index contributed by atoms with van der Waals surface area (Å²) in [5, 5.41) is 10.6. The summed E-state index contributed by atoms with van der Waals surface area (Å²) in [6, 6.07) is 3.88. The third-order valence-corrected chi connectivity index (χ3v) is 2.16. The summed E-state index contributed by atoms with van der Waals surface area (Å²) in [6.07, 6.45) is -3.19. The second kappa shape index (κ2) is 5.02. The SMILES string of the molecule is O=C(O)c1cc(Br)ccc1NC(=O)C(F)F. The highest BCUT2D eigenvalue weighted by atomic mass is 79.9. The average Bonchev–Trinajstić information content (AvgIpc) is 2.20. The number of benzene rings is 1. The number of carbonyl (C=O) groups excluding carboxylic acids is 1. The number of carbonyl (C=O) groups is 2. The van der Waals surface area contributed by atoms with Crippen molar-refractivity contribution in [1.82, 2.24) is 0 Å². The number of hydrogen-bond donors (Lipinski definition) is 2. The molecule has 0 radical (unpaired) electrons. The zero-order valence-electron chi connectivity index (χ0n) is 7.71. The Morgan fingerprint density at radius 1 is 1.38 bits per heavy atom. The number of hydrogen-bond acceptors (Lipinski definition) is 2. The minimum absolute atomic E-state index is 0.166. The van der Waals surface area contributed by atoms with Gasteiger partial charge in [-0.2, -0.15) is 8.78 Å². The fourth-order valence-electron chi connectivity index (χ4n) is 0.990. The quantitative estimate of drug-likeness (QED) is 0.899. The Kier molecular flexibility index (Phi) is 3.94. The Labute approximate surface area is 97.4 Å². The van der Waals surface area contributed by atoms with Gasteiger partial charge in [0, 0.05) is 4.47 Å². The highest BCUT2D eigenvalue weighted by Gasteiger charge is 2.18. The molecular formula is C9H6BrF2NO3. The van der Waals surface area contributed by atoms with Gasteiger partial charge in [-0.1, -0.05) is 15.9 Å². The molecule has 0 atom stereocenters. The highest BCUT2D eigenvalue weighted by molar-refractivity contribution is 9.10. The molecule has 1 rings (SSSR count). The lowest BCUT2D eigenvalue weighted by molar-refractivity contribution is -0.126. The largest absolute Gasteiger partial charge is 0.478 e. The molecule has 0 aromatic heterocycles. The molecule has 1 aromatic rings. The molecule has 7 heteroatoms. The smallest absolute Gasteiger partial charge is 0.337 e. The third-order valence-electron chi connectivity index (χ3n) is 1.67. The Morgan fingerprint density at radius 3 is 2.50 bits per heavy atom. The van der Waals surface area contributed by atoms with Crippen molar-refractivity contribution in [2.24, 2.45) is 0 Å². The minimum Gasteiger partial charge on any atom is -0.478 e. The summed E-state index contributed by atoms with van der Waals surface area (Å²) in [7, 11) is 0. The van der Waals surface area contributed by atoms with Crippen LogP contribution >= 0.6 is 15.9 Å². The van der Waals surface area contributed by atoms with Crippen LogP contribution in [-0.4, -0.2) is 23.4 Å². The van der Waals surface area contributed by atoms with Gasteiger partial charge in [-0.3, -0.25) is 4.79 Å². The molecule has 4 nitrogen and oxygen atoms in total. The predicted molar refractivity (Wildman–Crippen MR) is 55.7 cm³/mol. The van der Waals surface area contributed by atoms with Crippen LogP contribution in [0.15, 0.2) is 22.7 Å². The molecule has 0 aliphatic heterocycles. The lowest BCUT2D eigenvalue weighted by atomic mass is 10.2. The van der Waals surface area contributed by atoms with E-state index in [2.05, 4.69) is 15.9 Å². The van der Waals surface area contributed by atoms with Gasteiger partial charge in [0.2, 0.25) is 0 Å². The molecule has 0 aliphatic rings. The van der Waals surface area contributed by atoms with Gasteiger partial charge in [0.25, 0.3) is 5.91 Å². The summed E-state index contributed by atoms with van der Waals surface area (Å²) in [6.45, 7) is 0. The first-order valence-electron chi connectivity index (χ1n) is 4.03. The van der Waals surface area contributed by atoms with E-state index in [1.807, 2.05) is 5.32 Å². The average molecular weight is 294 g/mol. The van der Waals surface area contributed by atoms with Crippen LogP contribution in [0.1, 0.15) is 10.4 Å². The molecule has 2 N–H and O–H groups in total. The summed E-state index contributed by atoms with van der Waals surface area (Å²) < 4.78 is 24.4. The molecule has 0 fully saturated rings. The van der Waals surface area contributed by atoms with E-state index in [0.717, 1.165) is 0 Å². The second-order valence-electron chi connectivity index (χ2n) is 2.79. The van der Waals surface area contributed by atoms with E-state index in [-0.39, 0.29) is 11.3 Å². The summed E-state index contributed by atoms with van der Waals surface area (Å²) in [5.41, 5.74) is -0.427. The van der Waals surface area contributed by atoms with Crippen LogP contribution in [0.25, 0.3) is 0 Å². The number of alkyl halides is 2. The number of halogens is 3. The van der Waals surface area contributed by atoms with Crippen LogP contribution in [0.3, 0.4) is 0 Å². The van der Waals surface area contributed by atoms with E-state index in [1.54, 1.807) is 0 Å². The standard InChI is InChI=1S/C9H6BrF2NO3/c10-4-1-2-6(5(3-4)9(15)16)13-8(14)7(11)12/h1-3,7H,(H,13,14)(H,15,16). The van der Waals surface area contributed by atoms with Crippen molar-refractivity contribution in [2.45, 2.75) is 6.43 Å². The maximum atomic E-state index is 12.0. The van der Waals surface area contributed by atoms with Crippen LogP contribution in [0.2, 0.25) is 0 Å². The molecule has 1 amide bonds. The zero-order valence-corrected chi connectivity index (χ0v) is 9.29. The van der Waals surface area contributed by atoms with Crippen molar-refractivity contribution >= 4 is 33.5 Å². The normalized spacial score (nSPS) is 10.2. The maximum Gasteiger partial charge on any atom is 0.337 e. The van der Waals surface area contributed by atoms with E-state index < -0.39 is 18.3 Å². The summed E-state index contributed by atoms with van der Waals surface area (Å²) in [4.78, 5) is 21.5. The monoisotopic (exact) mass is 293 g/mol. The van der Waals surface area contributed by atoms with Gasteiger partial charge in [-0.25, -0.2) is 4.79 Å². The molecule has 1 aromatic carbocycles. The van der Waals surface area contributed by atoms with E-state index in [0.29, 0.717) is 4.47 Å². The van der Waals surface area contributed by atoms with Gasteiger partial charge in [0.15, 0.2) is 0 Å². The van der Waals surface area contributed by atoms with Crippen molar-refractivity contribution in [2.75, 3.05) is 5.32 Å². The molecular weight excluding hydrogens is 288 g/mol. The van der Waals surface area contributed by atoms with Crippen LogP contribution < -0.4 is 5.32 Å². The Morgan fingerprint density at radius 2 is 2.00 bits per heavy atom. The Hall–Kier alpha value is -1.50. The first kappa shape index (κ1) is 12.6. The maximum absolute atomic E-state index is 12.0. The Bertz CT molecular complexity index is 437. The second-order valence-corrected chi connectivity index (χ2v) is 3.70. The number of aromatic carboxylic acids is 1. The number of amides is 1. The number of anilines is 1. The third kappa shape index (κ3) is 2.99. The fraction of sp³-hybridized carbons (Fsp3) is 0.111. The van der Waals surface area contributed by atoms with Gasteiger partial charge in [0.05, 0.1) is 11.3 Å². The van der Waals surface area contributed by atoms with Crippen LogP contribution in [0, 0.1) is 0 Å². The van der Waals surface area contributed by atoms with E-state index in [9.17, 15) is 18.4 Å². The van der Waals surface area contributed by atoms with E-state index in [4.69, 9.17) is 5.11 Å². The lowest BCUT2D eigenvalue weighted by Crippen LogP contribution is -2.21. The first-order chi connectivity index (χ1) is 7.41. The van der Waals surface area contributed by atoms with E-state index in [1.165, 1.54) is 18.2 Å². The van der Waals surface area contributed by atoms with Crippen LogP contribution in [-0.2, 0) is 4.79 Å². The molecule has 0 saturated carbocycles. The van der Waals surface area contributed by atoms with Crippen molar-refractivity contribution in [1.29, 1.82) is 0 Å². The molecule has 0 aliphatic carbocycles. The summed E-state index contributed by atoms with van der Waals surface area (Å²) >= 11 is 3.04. The number of rotatable bonds is 3. The molecule has 0 unspecified atom stereocenters.